The number of aromatic nitrogens is 1. The minimum absolute atomic E-state index is 0.0727. The molecule has 0 saturated heterocycles. The molecule has 2 atom stereocenters. The maximum absolute atomic E-state index is 11.9. The Morgan fingerprint density at radius 3 is 2.90 bits per heavy atom. The van der Waals surface area contributed by atoms with Crippen molar-refractivity contribution in [2.24, 2.45) is 10.9 Å². The average Bonchev–Trinajstić information content (AvgIpc) is 2.75. The Kier molecular flexibility index (Phi) is 5.59. The van der Waals surface area contributed by atoms with Crippen LogP contribution in [0.25, 0.3) is 6.08 Å². The van der Waals surface area contributed by atoms with Crippen LogP contribution < -0.4 is 10.9 Å². The molecule has 158 valence electrons. The second kappa shape index (κ2) is 8.34. The molecule has 2 aliphatic carbocycles. The van der Waals surface area contributed by atoms with E-state index >= 15 is 0 Å². The highest BCUT2D eigenvalue weighted by Gasteiger charge is 2.46. The molecule has 0 aliphatic heterocycles. The average molecular weight is 414 g/mol. The Bertz CT molecular complexity index is 1200. The van der Waals surface area contributed by atoms with Crippen molar-refractivity contribution in [2.45, 2.75) is 32.2 Å². The quantitative estimate of drug-likeness (QED) is 0.583. The number of pyridine rings is 1. The summed E-state index contributed by atoms with van der Waals surface area (Å²) in [5, 5.41) is 2.64. The van der Waals surface area contributed by atoms with Crippen LogP contribution in [0.4, 0.5) is 0 Å². The number of aliphatic imine (C=N–C) groups is 1. The zero-order valence-corrected chi connectivity index (χ0v) is 18.1. The Labute approximate surface area is 182 Å². The SMILES string of the molecule is C/C=C1\C2C=C(C)CC1(N=C/C=C/c1cccc(C(=O)NC)c1)c1ccc(=O)[nH]c1C2. The summed E-state index contributed by atoms with van der Waals surface area (Å²) in [5.74, 6) is 0.138. The maximum Gasteiger partial charge on any atom is 0.251 e. The van der Waals surface area contributed by atoms with Gasteiger partial charge in [-0.15, -0.1) is 0 Å². The number of nitrogens with zero attached hydrogens (tertiary/aromatic N) is 1. The number of nitrogens with one attached hydrogen (secondary N) is 2. The fourth-order valence-corrected chi connectivity index (χ4v) is 4.90. The van der Waals surface area contributed by atoms with E-state index in [0.29, 0.717) is 5.56 Å². The third-order valence-electron chi connectivity index (χ3n) is 6.12. The summed E-state index contributed by atoms with van der Waals surface area (Å²) in [4.78, 5) is 31.9. The molecule has 5 heteroatoms. The van der Waals surface area contributed by atoms with Gasteiger partial charge in [0.15, 0.2) is 0 Å². The van der Waals surface area contributed by atoms with E-state index < -0.39 is 5.54 Å². The summed E-state index contributed by atoms with van der Waals surface area (Å²) < 4.78 is 0. The van der Waals surface area contributed by atoms with Gasteiger partial charge in [-0.3, -0.25) is 14.6 Å². The summed E-state index contributed by atoms with van der Waals surface area (Å²) in [5.41, 5.74) is 5.64. The molecule has 31 heavy (non-hydrogen) atoms. The monoisotopic (exact) mass is 413 g/mol. The molecular weight excluding hydrogens is 386 g/mol. The smallest absolute Gasteiger partial charge is 0.251 e. The standard InChI is InChI=1S/C26H27N3O2/c1-4-21-20-13-17(2)16-26(21,22-10-11-24(30)29-23(22)15-20)28-12-6-8-18-7-5-9-19(14-18)25(31)27-3/h4-14,20H,15-16H2,1-3H3,(H,27,31)(H,29,30)/b8-6+,21-4+,28-12?. The molecule has 1 aromatic carbocycles. The Balaban J connectivity index is 1.71. The lowest BCUT2D eigenvalue weighted by atomic mass is 9.63. The second-order valence-electron chi connectivity index (χ2n) is 8.16. The van der Waals surface area contributed by atoms with Gasteiger partial charge in [-0.05, 0) is 55.7 Å². The van der Waals surface area contributed by atoms with Gasteiger partial charge in [0, 0.05) is 48.5 Å². The summed E-state index contributed by atoms with van der Waals surface area (Å²) in [7, 11) is 1.62. The van der Waals surface area contributed by atoms with Crippen molar-refractivity contribution in [3.63, 3.8) is 0 Å². The minimum Gasteiger partial charge on any atom is -0.355 e. The lowest BCUT2D eigenvalue weighted by Gasteiger charge is -2.45. The Hall–Kier alpha value is -3.47. The van der Waals surface area contributed by atoms with E-state index in [1.807, 2.05) is 42.6 Å². The van der Waals surface area contributed by atoms with E-state index in [1.54, 1.807) is 19.2 Å². The third kappa shape index (κ3) is 3.83. The van der Waals surface area contributed by atoms with Crippen LogP contribution in [0.3, 0.4) is 0 Å². The van der Waals surface area contributed by atoms with Crippen molar-refractivity contribution in [3.8, 4) is 0 Å². The van der Waals surface area contributed by atoms with Gasteiger partial charge in [-0.1, -0.05) is 35.9 Å². The van der Waals surface area contributed by atoms with Crippen molar-refractivity contribution in [2.75, 3.05) is 7.05 Å². The van der Waals surface area contributed by atoms with E-state index in [0.717, 1.165) is 29.7 Å². The van der Waals surface area contributed by atoms with Crippen LogP contribution in [0, 0.1) is 5.92 Å². The fourth-order valence-electron chi connectivity index (χ4n) is 4.90. The van der Waals surface area contributed by atoms with Crippen molar-refractivity contribution in [1.82, 2.24) is 10.3 Å². The van der Waals surface area contributed by atoms with Gasteiger partial charge in [0.25, 0.3) is 5.91 Å². The first-order chi connectivity index (χ1) is 15.0. The number of hydrogen-bond donors (Lipinski definition) is 2. The number of aromatic amines is 1. The molecule has 0 radical (unpaired) electrons. The van der Waals surface area contributed by atoms with Crippen LogP contribution in [0.1, 0.15) is 47.4 Å². The largest absolute Gasteiger partial charge is 0.355 e. The van der Waals surface area contributed by atoms with Crippen molar-refractivity contribution in [3.05, 3.63) is 98.5 Å². The van der Waals surface area contributed by atoms with Gasteiger partial charge in [-0.2, -0.15) is 0 Å². The van der Waals surface area contributed by atoms with Crippen LogP contribution in [-0.2, 0) is 12.0 Å². The lowest BCUT2D eigenvalue weighted by molar-refractivity contribution is 0.0963. The van der Waals surface area contributed by atoms with E-state index in [9.17, 15) is 9.59 Å². The summed E-state index contributed by atoms with van der Waals surface area (Å²) >= 11 is 0. The maximum atomic E-state index is 11.9. The zero-order valence-electron chi connectivity index (χ0n) is 18.1. The van der Waals surface area contributed by atoms with Crippen LogP contribution in [0.5, 0.6) is 0 Å². The van der Waals surface area contributed by atoms with E-state index in [2.05, 4.69) is 36.3 Å². The highest BCUT2D eigenvalue weighted by Crippen LogP contribution is 2.51. The molecule has 1 amide bonds. The molecule has 2 unspecified atom stereocenters. The highest BCUT2D eigenvalue weighted by molar-refractivity contribution is 5.94. The molecule has 2 aliphatic rings. The first kappa shape index (κ1) is 20.8. The molecule has 1 aromatic heterocycles. The predicted octanol–water partition coefficient (Wildman–Crippen LogP) is 4.18. The second-order valence-corrected chi connectivity index (χ2v) is 8.16. The molecule has 0 spiro atoms. The molecule has 4 rings (SSSR count). The highest BCUT2D eigenvalue weighted by atomic mass is 16.1. The molecule has 1 heterocycles. The van der Waals surface area contributed by atoms with Gasteiger partial charge in [-0.25, -0.2) is 0 Å². The van der Waals surface area contributed by atoms with Gasteiger partial charge in [0.2, 0.25) is 5.56 Å². The normalized spacial score (nSPS) is 23.8. The van der Waals surface area contributed by atoms with Crippen molar-refractivity contribution < 1.29 is 4.79 Å². The fraction of sp³-hybridized carbons (Fsp3) is 0.269. The van der Waals surface area contributed by atoms with Crippen LogP contribution in [0.2, 0.25) is 0 Å². The minimum atomic E-state index is -0.496. The van der Waals surface area contributed by atoms with Crippen molar-refractivity contribution in [1.29, 1.82) is 0 Å². The molecule has 2 bridgehead atoms. The Morgan fingerprint density at radius 2 is 2.13 bits per heavy atom. The number of benzene rings is 1. The number of H-pyrrole nitrogens is 1. The van der Waals surface area contributed by atoms with Crippen molar-refractivity contribution >= 4 is 18.2 Å². The van der Waals surface area contributed by atoms with Gasteiger partial charge in [0.05, 0.1) is 0 Å². The van der Waals surface area contributed by atoms with Crippen LogP contribution >= 0.6 is 0 Å². The lowest BCUT2D eigenvalue weighted by Crippen LogP contribution is -2.40. The predicted molar refractivity (Wildman–Crippen MR) is 125 cm³/mol. The van der Waals surface area contributed by atoms with Gasteiger partial charge >= 0.3 is 0 Å². The summed E-state index contributed by atoms with van der Waals surface area (Å²) in [6, 6.07) is 11.0. The molecule has 5 nitrogen and oxygen atoms in total. The summed E-state index contributed by atoms with van der Waals surface area (Å²) in [6.07, 6.45) is 11.8. The van der Waals surface area contributed by atoms with Crippen LogP contribution in [-0.4, -0.2) is 24.2 Å². The van der Waals surface area contributed by atoms with Gasteiger partial charge in [0.1, 0.15) is 5.54 Å². The molecule has 2 aromatic rings. The number of fused-ring (bicyclic) bond motifs is 4. The molecule has 0 fully saturated rings. The van der Waals surface area contributed by atoms with E-state index in [-0.39, 0.29) is 17.4 Å². The third-order valence-corrected chi connectivity index (χ3v) is 6.12. The number of rotatable bonds is 4. The summed E-state index contributed by atoms with van der Waals surface area (Å²) in [6.45, 7) is 4.22. The van der Waals surface area contributed by atoms with Gasteiger partial charge < -0.3 is 10.3 Å². The number of allylic oxidation sites excluding steroid dienone is 3. The Morgan fingerprint density at radius 1 is 1.29 bits per heavy atom. The number of carbonyl (C=O) groups excluding carboxylic acids is 1. The molecule has 0 saturated carbocycles. The number of carbonyl (C=O) groups is 1. The first-order valence-corrected chi connectivity index (χ1v) is 10.6. The molecular formula is C26H27N3O2. The topological polar surface area (TPSA) is 74.3 Å². The number of hydrogen-bond acceptors (Lipinski definition) is 3. The first-order valence-electron chi connectivity index (χ1n) is 10.6. The van der Waals surface area contributed by atoms with E-state index in [1.165, 1.54) is 11.1 Å². The zero-order chi connectivity index (χ0) is 22.0. The number of amides is 1. The van der Waals surface area contributed by atoms with Crippen LogP contribution in [0.15, 0.2) is 75.6 Å². The molecule has 2 N–H and O–H groups in total. The van der Waals surface area contributed by atoms with E-state index in [4.69, 9.17) is 4.99 Å².